The van der Waals surface area contributed by atoms with Crippen LogP contribution in [-0.2, 0) is 13.0 Å². The summed E-state index contributed by atoms with van der Waals surface area (Å²) in [6.45, 7) is 2.33. The third-order valence-corrected chi connectivity index (χ3v) is 3.35. The number of aromatic nitrogens is 2. The minimum atomic E-state index is -0.403. The molecule has 8 nitrogen and oxygen atoms in total. The fourth-order valence-corrected chi connectivity index (χ4v) is 2.04. The molecular weight excluding hydrogens is 286 g/mol. The van der Waals surface area contributed by atoms with Crippen molar-refractivity contribution in [3.05, 3.63) is 46.1 Å². The lowest BCUT2D eigenvalue weighted by Gasteiger charge is -2.16. The van der Waals surface area contributed by atoms with Gasteiger partial charge in [0.1, 0.15) is 5.69 Å². The van der Waals surface area contributed by atoms with Crippen molar-refractivity contribution < 1.29 is 9.45 Å². The van der Waals surface area contributed by atoms with Gasteiger partial charge in [0, 0.05) is 25.6 Å². The third-order valence-electron chi connectivity index (χ3n) is 3.35. The van der Waals surface area contributed by atoms with Crippen LogP contribution in [0.25, 0.3) is 0 Å². The number of benzene rings is 1. The van der Waals surface area contributed by atoms with Gasteiger partial charge in [0.2, 0.25) is 5.89 Å². The van der Waals surface area contributed by atoms with E-state index < -0.39 is 4.92 Å². The molecular formula is C14H19N5O3. The van der Waals surface area contributed by atoms with Gasteiger partial charge in [-0.05, 0) is 20.0 Å². The Hall–Kier alpha value is -2.48. The number of para-hydroxylation sites is 2. The Morgan fingerprint density at radius 2 is 2.18 bits per heavy atom. The van der Waals surface area contributed by atoms with Crippen molar-refractivity contribution >= 4 is 11.4 Å². The van der Waals surface area contributed by atoms with E-state index >= 15 is 0 Å². The molecule has 0 aliphatic rings. The van der Waals surface area contributed by atoms with E-state index in [0.29, 0.717) is 30.4 Å². The molecule has 0 spiro atoms. The average molecular weight is 305 g/mol. The van der Waals surface area contributed by atoms with Crippen LogP contribution in [0.3, 0.4) is 0 Å². The lowest BCUT2D eigenvalue weighted by molar-refractivity contribution is -0.384. The molecule has 2 aromatic rings. The molecule has 1 aromatic heterocycles. The molecule has 0 fully saturated rings. The molecule has 0 amide bonds. The van der Waals surface area contributed by atoms with Crippen LogP contribution < -0.4 is 10.2 Å². The van der Waals surface area contributed by atoms with Crippen molar-refractivity contribution in [3.63, 3.8) is 0 Å². The molecule has 0 aliphatic carbocycles. The molecule has 1 N–H and O–H groups in total. The van der Waals surface area contributed by atoms with Crippen LogP contribution in [0.5, 0.6) is 0 Å². The molecule has 1 aromatic carbocycles. The van der Waals surface area contributed by atoms with Crippen molar-refractivity contribution in [1.82, 2.24) is 15.5 Å². The zero-order valence-corrected chi connectivity index (χ0v) is 12.8. The van der Waals surface area contributed by atoms with Crippen LogP contribution >= 0.6 is 0 Å². The summed E-state index contributed by atoms with van der Waals surface area (Å²) in [6, 6.07) is 6.81. The summed E-state index contributed by atoms with van der Waals surface area (Å²) in [5.41, 5.74) is 0.560. The first-order valence-electron chi connectivity index (χ1n) is 6.94. The number of nitro benzene ring substituents is 1. The highest BCUT2D eigenvalue weighted by atomic mass is 16.6. The quantitative estimate of drug-likeness (QED) is 0.615. The molecule has 1 unspecified atom stereocenters. The van der Waals surface area contributed by atoms with Gasteiger partial charge >= 0.3 is 0 Å². The maximum absolute atomic E-state index is 11.1. The molecule has 0 radical (unpaired) electrons. The topological polar surface area (TPSA) is 97.3 Å². The maximum atomic E-state index is 11.1. The van der Waals surface area contributed by atoms with E-state index in [1.165, 1.54) is 6.07 Å². The second kappa shape index (κ2) is 6.99. The number of hydrogen-bond donors (Lipinski definition) is 1. The molecule has 1 heterocycles. The van der Waals surface area contributed by atoms with Gasteiger partial charge in [0.15, 0.2) is 5.82 Å². The number of nitrogens with one attached hydrogen (secondary N) is 1. The molecule has 0 saturated carbocycles. The van der Waals surface area contributed by atoms with E-state index in [4.69, 9.17) is 4.52 Å². The van der Waals surface area contributed by atoms with Gasteiger partial charge in [-0.15, -0.1) is 0 Å². The molecule has 22 heavy (non-hydrogen) atoms. The fourth-order valence-electron chi connectivity index (χ4n) is 2.04. The van der Waals surface area contributed by atoms with Crippen LogP contribution in [0.4, 0.5) is 11.4 Å². The number of likely N-dealkylation sites (N-methyl/N-ethyl adjacent to an activating group) is 1. The van der Waals surface area contributed by atoms with Gasteiger partial charge in [-0.3, -0.25) is 10.1 Å². The summed E-state index contributed by atoms with van der Waals surface area (Å²) in [4.78, 5) is 16.7. The number of nitrogens with zero attached hydrogens (tertiary/aromatic N) is 4. The average Bonchev–Trinajstić information content (AvgIpc) is 2.93. The molecule has 0 saturated heterocycles. The lowest BCUT2D eigenvalue weighted by Crippen LogP contribution is -2.24. The van der Waals surface area contributed by atoms with E-state index in [0.717, 1.165) is 0 Å². The highest BCUT2D eigenvalue weighted by Gasteiger charge is 2.18. The summed E-state index contributed by atoms with van der Waals surface area (Å²) in [5, 5.41) is 18.1. The monoisotopic (exact) mass is 305 g/mol. The minimum absolute atomic E-state index is 0.0496. The van der Waals surface area contributed by atoms with Crippen LogP contribution in [0.1, 0.15) is 18.6 Å². The Morgan fingerprint density at radius 3 is 2.86 bits per heavy atom. The predicted octanol–water partition coefficient (Wildman–Crippen LogP) is 1.76. The van der Waals surface area contributed by atoms with Gasteiger partial charge in [-0.2, -0.15) is 4.98 Å². The first-order valence-corrected chi connectivity index (χ1v) is 6.94. The van der Waals surface area contributed by atoms with Crippen molar-refractivity contribution in [2.45, 2.75) is 25.9 Å². The van der Waals surface area contributed by atoms with Crippen molar-refractivity contribution in [3.8, 4) is 0 Å². The van der Waals surface area contributed by atoms with E-state index in [9.17, 15) is 10.1 Å². The number of anilines is 1. The molecule has 8 heteroatoms. The SMILES string of the molecule is CNC(C)Cc1noc(CN(C)c2ccccc2[N+](=O)[O-])n1. The summed E-state index contributed by atoms with van der Waals surface area (Å²) < 4.78 is 5.20. The van der Waals surface area contributed by atoms with Crippen LogP contribution in [0.2, 0.25) is 0 Å². The van der Waals surface area contributed by atoms with Gasteiger partial charge < -0.3 is 14.7 Å². The highest BCUT2D eigenvalue weighted by molar-refractivity contribution is 5.62. The smallest absolute Gasteiger partial charge is 0.292 e. The third kappa shape index (κ3) is 3.79. The zero-order valence-electron chi connectivity index (χ0n) is 12.8. The second-order valence-electron chi connectivity index (χ2n) is 5.10. The van der Waals surface area contributed by atoms with Gasteiger partial charge in [0.25, 0.3) is 5.69 Å². The van der Waals surface area contributed by atoms with E-state index in [2.05, 4.69) is 15.5 Å². The van der Waals surface area contributed by atoms with Gasteiger partial charge in [0.05, 0.1) is 11.5 Å². The molecule has 1 atom stereocenters. The maximum Gasteiger partial charge on any atom is 0.292 e. The van der Waals surface area contributed by atoms with E-state index in [1.807, 2.05) is 14.0 Å². The minimum Gasteiger partial charge on any atom is -0.360 e. The molecule has 0 bridgehead atoms. The lowest BCUT2D eigenvalue weighted by atomic mass is 10.2. The van der Waals surface area contributed by atoms with Gasteiger partial charge in [-0.25, -0.2) is 0 Å². The number of hydrogen-bond acceptors (Lipinski definition) is 7. The number of rotatable bonds is 7. The Labute approximate surface area is 128 Å². The molecule has 2 rings (SSSR count). The van der Waals surface area contributed by atoms with E-state index in [1.54, 1.807) is 30.1 Å². The van der Waals surface area contributed by atoms with Crippen LogP contribution in [0, 0.1) is 10.1 Å². The first kappa shape index (κ1) is 15.9. The van der Waals surface area contributed by atoms with E-state index in [-0.39, 0.29) is 11.7 Å². The summed E-state index contributed by atoms with van der Waals surface area (Å²) >= 11 is 0. The highest BCUT2D eigenvalue weighted by Crippen LogP contribution is 2.27. The predicted molar refractivity (Wildman–Crippen MR) is 81.7 cm³/mol. The van der Waals surface area contributed by atoms with Crippen molar-refractivity contribution in [2.75, 3.05) is 19.0 Å². The largest absolute Gasteiger partial charge is 0.360 e. The second-order valence-corrected chi connectivity index (χ2v) is 5.10. The standard InChI is InChI=1S/C14H19N5O3/c1-10(15-2)8-13-16-14(22-17-13)9-18(3)11-6-4-5-7-12(11)19(20)21/h4-7,10,15H,8-9H2,1-3H3. The zero-order chi connectivity index (χ0) is 16.1. The Bertz CT molecular complexity index is 643. The Balaban J connectivity index is 2.09. The molecule has 0 aliphatic heterocycles. The normalized spacial score (nSPS) is 12.1. The summed E-state index contributed by atoms with van der Waals surface area (Å²) in [6.07, 6.45) is 0.662. The number of nitro groups is 1. The van der Waals surface area contributed by atoms with Crippen molar-refractivity contribution in [1.29, 1.82) is 0 Å². The Morgan fingerprint density at radius 1 is 1.45 bits per heavy atom. The first-order chi connectivity index (χ1) is 10.5. The molecule has 118 valence electrons. The summed E-state index contributed by atoms with van der Waals surface area (Å²) in [7, 11) is 3.62. The fraction of sp³-hybridized carbons (Fsp3) is 0.429. The van der Waals surface area contributed by atoms with Crippen molar-refractivity contribution in [2.24, 2.45) is 0 Å². The van der Waals surface area contributed by atoms with Crippen LogP contribution in [-0.4, -0.2) is 35.2 Å². The van der Waals surface area contributed by atoms with Crippen LogP contribution in [0.15, 0.2) is 28.8 Å². The Kier molecular flexibility index (Phi) is 5.05. The summed E-state index contributed by atoms with van der Waals surface area (Å²) in [5.74, 6) is 1.05. The van der Waals surface area contributed by atoms with Gasteiger partial charge in [-0.1, -0.05) is 17.3 Å².